The molecule has 1 unspecified atom stereocenters. The van der Waals surface area contributed by atoms with Crippen molar-refractivity contribution in [2.45, 2.75) is 11.8 Å². The highest BCUT2D eigenvalue weighted by atomic mass is 79.9. The maximum Gasteiger partial charge on any atom is 0.429 e. The van der Waals surface area contributed by atoms with Crippen LogP contribution in [0, 0.1) is 0 Å². The first-order valence-corrected chi connectivity index (χ1v) is 4.89. The maximum absolute atomic E-state index is 13.5. The first kappa shape index (κ1) is 13.2. The lowest BCUT2D eigenvalue weighted by Gasteiger charge is -2.25. The summed E-state index contributed by atoms with van der Waals surface area (Å²) >= 11 is 2.85. The van der Waals surface area contributed by atoms with E-state index in [2.05, 4.69) is 15.9 Å². The zero-order chi connectivity index (χ0) is 12.6. The van der Waals surface area contributed by atoms with Gasteiger partial charge in [-0.1, -0.05) is 6.07 Å². The van der Waals surface area contributed by atoms with Gasteiger partial charge >= 0.3 is 6.18 Å². The van der Waals surface area contributed by atoms with Crippen molar-refractivity contribution >= 4 is 21.6 Å². The van der Waals surface area contributed by atoms with E-state index in [4.69, 9.17) is 5.73 Å². The normalized spacial score (nSPS) is 15.9. The van der Waals surface area contributed by atoms with Gasteiger partial charge in [-0.3, -0.25) is 0 Å². The highest BCUT2D eigenvalue weighted by Gasteiger charge is 2.57. The second-order valence-electron chi connectivity index (χ2n) is 3.17. The quantitative estimate of drug-likeness (QED) is 0.654. The van der Waals surface area contributed by atoms with Crippen molar-refractivity contribution in [3.63, 3.8) is 0 Å². The van der Waals surface area contributed by atoms with Crippen LogP contribution in [0.15, 0.2) is 22.7 Å². The zero-order valence-corrected chi connectivity index (χ0v) is 9.37. The molecule has 16 heavy (non-hydrogen) atoms. The molecule has 0 aliphatic heterocycles. The lowest BCUT2D eigenvalue weighted by Crippen LogP contribution is -2.40. The Bertz CT molecular complexity index is 392. The fraction of sp³-hybridized carbons (Fsp3) is 0.333. The summed E-state index contributed by atoms with van der Waals surface area (Å²) in [6.45, 7) is -2.17. The summed E-state index contributed by atoms with van der Waals surface area (Å²) < 4.78 is 63.0. The molecule has 0 amide bonds. The van der Waals surface area contributed by atoms with Crippen molar-refractivity contribution in [1.82, 2.24) is 0 Å². The molecule has 0 fully saturated rings. The highest BCUT2D eigenvalue weighted by molar-refractivity contribution is 9.10. The predicted octanol–water partition coefficient (Wildman–Crippen LogP) is 3.73. The average molecular weight is 304 g/mol. The van der Waals surface area contributed by atoms with Gasteiger partial charge in [-0.25, -0.2) is 8.78 Å². The van der Waals surface area contributed by atoms with Crippen molar-refractivity contribution in [2.24, 2.45) is 0 Å². The molecule has 0 radical (unpaired) electrons. The Morgan fingerprint density at radius 1 is 1.19 bits per heavy atom. The van der Waals surface area contributed by atoms with E-state index in [1.807, 2.05) is 0 Å². The summed E-state index contributed by atoms with van der Waals surface area (Å²) in [5.41, 5.74) is 0.671. The minimum atomic E-state index is -5.31. The Hall–Kier alpha value is -0.850. The molecule has 0 aliphatic carbocycles. The van der Waals surface area contributed by atoms with Gasteiger partial charge in [-0.15, -0.1) is 0 Å². The third-order valence-corrected chi connectivity index (χ3v) is 2.78. The van der Waals surface area contributed by atoms with Gasteiger partial charge in [0.15, 0.2) is 0 Å². The van der Waals surface area contributed by atoms with E-state index >= 15 is 0 Å². The molecular weight excluding hydrogens is 297 g/mol. The van der Waals surface area contributed by atoms with E-state index in [1.165, 1.54) is 0 Å². The van der Waals surface area contributed by atoms with Gasteiger partial charge in [-0.05, 0) is 28.1 Å². The van der Waals surface area contributed by atoms with Crippen LogP contribution in [0.25, 0.3) is 0 Å². The Morgan fingerprint density at radius 3 is 2.12 bits per heavy atom. The third kappa shape index (κ3) is 2.14. The van der Waals surface area contributed by atoms with Gasteiger partial charge in [0.2, 0.25) is 0 Å². The van der Waals surface area contributed by atoms with Crippen molar-refractivity contribution < 1.29 is 22.0 Å². The van der Waals surface area contributed by atoms with Crippen LogP contribution in [-0.4, -0.2) is 12.9 Å². The second kappa shape index (κ2) is 4.20. The summed E-state index contributed by atoms with van der Waals surface area (Å²) in [5.74, 6) is 0. The van der Waals surface area contributed by atoms with Crippen LogP contribution < -0.4 is 5.73 Å². The number of benzene rings is 1. The first-order chi connectivity index (χ1) is 7.22. The maximum atomic E-state index is 13.5. The van der Waals surface area contributed by atoms with Crippen LogP contribution in [0.5, 0.6) is 0 Å². The fourth-order valence-corrected chi connectivity index (χ4v) is 1.47. The SMILES string of the molecule is Nc1ccc(C(F)(CF)C(F)(F)F)cc1Br. The second-order valence-corrected chi connectivity index (χ2v) is 4.02. The average Bonchev–Trinajstić information content (AvgIpc) is 2.19. The summed E-state index contributed by atoms with van der Waals surface area (Å²) in [6, 6.07) is 2.71. The topological polar surface area (TPSA) is 26.0 Å². The summed E-state index contributed by atoms with van der Waals surface area (Å²) in [6.07, 6.45) is -5.31. The highest BCUT2D eigenvalue weighted by Crippen LogP contribution is 2.44. The molecule has 7 heteroatoms. The van der Waals surface area contributed by atoms with E-state index < -0.39 is 24.1 Å². The van der Waals surface area contributed by atoms with Gasteiger partial charge in [-0.2, -0.15) is 13.2 Å². The van der Waals surface area contributed by atoms with E-state index in [0.717, 1.165) is 18.2 Å². The van der Waals surface area contributed by atoms with Crippen molar-refractivity contribution in [2.75, 3.05) is 12.4 Å². The molecule has 1 nitrogen and oxygen atoms in total. The summed E-state index contributed by atoms with van der Waals surface area (Å²) in [4.78, 5) is 0. The molecule has 1 aromatic carbocycles. The minimum absolute atomic E-state index is 0.0877. The van der Waals surface area contributed by atoms with Crippen LogP contribution in [0.1, 0.15) is 5.56 Å². The molecule has 1 aromatic rings. The molecule has 90 valence electrons. The number of rotatable bonds is 2. The largest absolute Gasteiger partial charge is 0.429 e. The molecule has 1 atom stereocenters. The third-order valence-electron chi connectivity index (χ3n) is 2.09. The number of hydrogen-bond donors (Lipinski definition) is 1. The van der Waals surface area contributed by atoms with Crippen LogP contribution in [0.4, 0.5) is 27.6 Å². The van der Waals surface area contributed by atoms with E-state index in [9.17, 15) is 22.0 Å². The lowest BCUT2D eigenvalue weighted by molar-refractivity contribution is -0.240. The monoisotopic (exact) mass is 303 g/mol. The molecule has 0 heterocycles. The molecule has 0 aromatic heterocycles. The molecule has 0 saturated carbocycles. The summed E-state index contributed by atoms with van der Waals surface area (Å²) in [7, 11) is 0. The number of nitrogens with two attached hydrogens (primary N) is 1. The van der Waals surface area contributed by atoms with E-state index in [1.54, 1.807) is 0 Å². The molecule has 2 N–H and O–H groups in total. The van der Waals surface area contributed by atoms with Gasteiger partial charge in [0.25, 0.3) is 5.67 Å². The van der Waals surface area contributed by atoms with Crippen molar-refractivity contribution in [3.8, 4) is 0 Å². The number of hydrogen-bond acceptors (Lipinski definition) is 1. The Morgan fingerprint density at radius 2 is 1.75 bits per heavy atom. The smallest absolute Gasteiger partial charge is 0.398 e. The number of alkyl halides is 5. The van der Waals surface area contributed by atoms with Crippen LogP contribution in [0.2, 0.25) is 0 Å². The van der Waals surface area contributed by atoms with E-state index in [-0.39, 0.29) is 10.2 Å². The fourth-order valence-electron chi connectivity index (χ4n) is 1.09. The Balaban J connectivity index is 3.29. The number of halogens is 6. The van der Waals surface area contributed by atoms with Gasteiger partial charge in [0, 0.05) is 15.7 Å². The number of nitrogen functional groups attached to an aromatic ring is 1. The predicted molar refractivity (Wildman–Crippen MR) is 53.4 cm³/mol. The zero-order valence-electron chi connectivity index (χ0n) is 7.78. The number of anilines is 1. The van der Waals surface area contributed by atoms with Crippen molar-refractivity contribution in [1.29, 1.82) is 0 Å². The van der Waals surface area contributed by atoms with Crippen LogP contribution in [0.3, 0.4) is 0 Å². The van der Waals surface area contributed by atoms with Gasteiger partial charge in [0.05, 0.1) is 0 Å². The van der Waals surface area contributed by atoms with Crippen LogP contribution >= 0.6 is 15.9 Å². The Labute approximate surface area is 96.6 Å². The Kier molecular flexibility index (Phi) is 3.47. The molecule has 0 saturated heterocycles. The standard InChI is InChI=1S/C9H7BrF5N/c10-6-3-5(1-2-7(6)16)8(12,4-11)9(13,14)15/h1-3H,4,16H2. The molecule has 0 spiro atoms. The van der Waals surface area contributed by atoms with E-state index in [0.29, 0.717) is 0 Å². The minimum Gasteiger partial charge on any atom is -0.398 e. The van der Waals surface area contributed by atoms with Crippen molar-refractivity contribution in [3.05, 3.63) is 28.2 Å². The molecule has 1 rings (SSSR count). The van der Waals surface area contributed by atoms with Gasteiger partial charge < -0.3 is 5.73 Å². The molecule has 0 aliphatic rings. The lowest BCUT2D eigenvalue weighted by atomic mass is 9.96. The van der Waals surface area contributed by atoms with Crippen LogP contribution in [-0.2, 0) is 5.67 Å². The van der Waals surface area contributed by atoms with Gasteiger partial charge in [0.1, 0.15) is 6.67 Å². The summed E-state index contributed by atoms with van der Waals surface area (Å²) in [5, 5.41) is 0. The first-order valence-electron chi connectivity index (χ1n) is 4.09. The molecule has 0 bridgehead atoms. The molecular formula is C9H7BrF5N.